The quantitative estimate of drug-likeness (QED) is 0.708. The van der Waals surface area contributed by atoms with E-state index in [0.29, 0.717) is 16.5 Å². The lowest BCUT2D eigenvalue weighted by Crippen LogP contribution is -2.30. The molecule has 1 amide bonds. The highest BCUT2D eigenvalue weighted by atomic mass is 35.5. The smallest absolute Gasteiger partial charge is 0.339 e. The number of halogens is 2. The molecule has 2 aromatic rings. The van der Waals surface area contributed by atoms with Crippen LogP contribution in [0, 0.1) is 6.92 Å². The fourth-order valence-electron chi connectivity index (χ4n) is 2.28. The minimum atomic E-state index is -1.04. The Labute approximate surface area is 167 Å². The maximum absolute atomic E-state index is 12.4. The molecular weight excluding hydrogens is 393 g/mol. The van der Waals surface area contributed by atoms with Gasteiger partial charge in [0, 0.05) is 10.7 Å². The molecule has 0 saturated carbocycles. The van der Waals surface area contributed by atoms with E-state index in [1.54, 1.807) is 18.2 Å². The third-order valence-electron chi connectivity index (χ3n) is 3.78. The molecule has 1 atom stereocenters. The van der Waals surface area contributed by atoms with Crippen LogP contribution in [0.3, 0.4) is 0 Å². The first-order valence-electron chi connectivity index (χ1n) is 7.96. The van der Waals surface area contributed by atoms with E-state index in [4.69, 9.17) is 37.4 Å². The van der Waals surface area contributed by atoms with Gasteiger partial charge in [0.2, 0.25) is 0 Å². The zero-order chi connectivity index (χ0) is 20.1. The highest BCUT2D eigenvalue weighted by Gasteiger charge is 2.22. The van der Waals surface area contributed by atoms with Crippen LogP contribution in [0.4, 0.5) is 5.69 Å². The molecule has 0 unspecified atom stereocenters. The summed E-state index contributed by atoms with van der Waals surface area (Å²) in [6, 6.07) is 7.93. The topological polar surface area (TPSA) is 73.9 Å². The minimum Gasteiger partial charge on any atom is -0.493 e. The van der Waals surface area contributed by atoms with E-state index in [2.05, 4.69) is 5.32 Å². The van der Waals surface area contributed by atoms with Crippen molar-refractivity contribution in [3.63, 3.8) is 0 Å². The van der Waals surface area contributed by atoms with Crippen molar-refractivity contribution in [3.8, 4) is 11.5 Å². The van der Waals surface area contributed by atoms with Crippen LogP contribution in [0.2, 0.25) is 10.0 Å². The van der Waals surface area contributed by atoms with Crippen molar-refractivity contribution in [2.24, 2.45) is 0 Å². The van der Waals surface area contributed by atoms with Gasteiger partial charge in [-0.1, -0.05) is 29.3 Å². The summed E-state index contributed by atoms with van der Waals surface area (Å²) in [7, 11) is 2.86. The van der Waals surface area contributed by atoms with E-state index in [1.165, 1.54) is 33.3 Å². The minimum absolute atomic E-state index is 0.135. The highest BCUT2D eigenvalue weighted by molar-refractivity contribution is 6.32. The van der Waals surface area contributed by atoms with E-state index in [0.717, 1.165) is 5.56 Å². The van der Waals surface area contributed by atoms with E-state index in [9.17, 15) is 9.59 Å². The van der Waals surface area contributed by atoms with Gasteiger partial charge in [0.05, 0.1) is 24.8 Å². The van der Waals surface area contributed by atoms with Crippen molar-refractivity contribution >= 4 is 40.8 Å². The van der Waals surface area contributed by atoms with Crippen molar-refractivity contribution in [2.45, 2.75) is 20.0 Å². The molecule has 0 bridgehead atoms. The number of methoxy groups -OCH3 is 2. The highest BCUT2D eigenvalue weighted by Crippen LogP contribution is 2.36. The molecule has 0 spiro atoms. The van der Waals surface area contributed by atoms with Gasteiger partial charge in [-0.25, -0.2) is 4.79 Å². The first-order valence-corrected chi connectivity index (χ1v) is 8.72. The molecule has 0 aromatic heterocycles. The zero-order valence-electron chi connectivity index (χ0n) is 15.3. The number of hydrogen-bond donors (Lipinski definition) is 1. The van der Waals surface area contributed by atoms with Crippen molar-refractivity contribution in [1.29, 1.82) is 0 Å². The maximum atomic E-state index is 12.4. The maximum Gasteiger partial charge on any atom is 0.339 e. The summed E-state index contributed by atoms with van der Waals surface area (Å²) in [4.78, 5) is 24.7. The molecule has 0 aliphatic carbocycles. The van der Waals surface area contributed by atoms with E-state index < -0.39 is 18.0 Å². The molecule has 144 valence electrons. The summed E-state index contributed by atoms with van der Waals surface area (Å²) in [6.45, 7) is 3.30. The predicted octanol–water partition coefficient (Wildman–Crippen LogP) is 4.50. The third-order valence-corrected chi connectivity index (χ3v) is 4.30. The molecule has 2 rings (SSSR count). The van der Waals surface area contributed by atoms with Crippen LogP contribution < -0.4 is 14.8 Å². The van der Waals surface area contributed by atoms with Crippen molar-refractivity contribution < 1.29 is 23.8 Å². The lowest BCUT2D eigenvalue weighted by Gasteiger charge is -2.16. The molecule has 2 aromatic carbocycles. The van der Waals surface area contributed by atoms with Gasteiger partial charge in [0.15, 0.2) is 17.6 Å². The Bertz CT molecular complexity index is 869. The molecule has 27 heavy (non-hydrogen) atoms. The second-order valence-electron chi connectivity index (χ2n) is 5.69. The summed E-state index contributed by atoms with van der Waals surface area (Å²) in [6.07, 6.45) is -1.04. The molecule has 0 aliphatic rings. The van der Waals surface area contributed by atoms with Crippen LogP contribution in [0.5, 0.6) is 11.5 Å². The van der Waals surface area contributed by atoms with Gasteiger partial charge in [-0.05, 0) is 43.7 Å². The van der Waals surface area contributed by atoms with Crippen molar-refractivity contribution in [3.05, 3.63) is 51.5 Å². The van der Waals surface area contributed by atoms with Crippen LogP contribution in [0.15, 0.2) is 30.3 Å². The molecule has 0 saturated heterocycles. The first-order chi connectivity index (χ1) is 12.8. The number of aryl methyl sites for hydroxylation is 1. The van der Waals surface area contributed by atoms with Crippen LogP contribution in [0.25, 0.3) is 0 Å². The van der Waals surface area contributed by atoms with Gasteiger partial charge in [0.25, 0.3) is 5.91 Å². The number of amides is 1. The molecule has 0 fully saturated rings. The van der Waals surface area contributed by atoms with Crippen LogP contribution >= 0.6 is 23.2 Å². The fourth-order valence-corrected chi connectivity index (χ4v) is 2.74. The molecule has 6 nitrogen and oxygen atoms in total. The number of benzene rings is 2. The summed E-state index contributed by atoms with van der Waals surface area (Å²) >= 11 is 12.0. The lowest BCUT2D eigenvalue weighted by atomic mass is 10.2. The largest absolute Gasteiger partial charge is 0.493 e. The molecule has 0 aliphatic heterocycles. The van der Waals surface area contributed by atoms with Crippen molar-refractivity contribution in [1.82, 2.24) is 0 Å². The van der Waals surface area contributed by atoms with Gasteiger partial charge in [-0.2, -0.15) is 0 Å². The molecule has 1 N–H and O–H groups in total. The number of anilines is 1. The SMILES string of the molecule is COc1cc(C(=O)O[C@H](C)C(=O)Nc2cc(Cl)ccc2C)cc(Cl)c1OC. The molecular formula is C19H19Cl2NO5. The number of esters is 1. The Hall–Kier alpha value is -2.44. The first kappa shape index (κ1) is 20.9. The third kappa shape index (κ3) is 5.05. The second kappa shape index (κ2) is 8.97. The number of nitrogens with one attached hydrogen (secondary N) is 1. The Kier molecular flexibility index (Phi) is 6.93. The van der Waals surface area contributed by atoms with E-state index >= 15 is 0 Å². The Balaban J connectivity index is 2.12. The summed E-state index contributed by atoms with van der Waals surface area (Å²) in [5.41, 5.74) is 1.51. The Morgan fingerprint density at radius 3 is 2.41 bits per heavy atom. The van der Waals surface area contributed by atoms with Gasteiger partial charge in [0.1, 0.15) is 0 Å². The van der Waals surface area contributed by atoms with Crippen LogP contribution in [0.1, 0.15) is 22.8 Å². The zero-order valence-corrected chi connectivity index (χ0v) is 16.8. The van der Waals surface area contributed by atoms with Crippen molar-refractivity contribution in [2.75, 3.05) is 19.5 Å². The number of carbonyl (C=O) groups excluding carboxylic acids is 2. The van der Waals surface area contributed by atoms with Gasteiger partial charge in [-0.3, -0.25) is 4.79 Å². The second-order valence-corrected chi connectivity index (χ2v) is 6.53. The van der Waals surface area contributed by atoms with Crippen LogP contribution in [-0.2, 0) is 9.53 Å². The molecule has 0 radical (unpaired) electrons. The normalized spacial score (nSPS) is 11.5. The number of ether oxygens (including phenoxy) is 3. The number of carbonyl (C=O) groups is 2. The van der Waals surface area contributed by atoms with E-state index in [-0.39, 0.29) is 16.3 Å². The number of rotatable bonds is 6. The van der Waals surface area contributed by atoms with Gasteiger partial charge < -0.3 is 19.5 Å². The molecule has 8 heteroatoms. The Morgan fingerprint density at radius 2 is 1.78 bits per heavy atom. The van der Waals surface area contributed by atoms with Gasteiger partial charge in [-0.15, -0.1) is 0 Å². The predicted molar refractivity (Wildman–Crippen MR) is 104 cm³/mol. The summed E-state index contributed by atoms with van der Waals surface area (Å²) < 4.78 is 15.5. The standard InChI is InChI=1S/C19H19Cl2NO5/c1-10-5-6-13(20)9-15(10)22-18(23)11(2)27-19(24)12-7-14(21)17(26-4)16(8-12)25-3/h5-9,11H,1-4H3,(H,22,23)/t11-/m1/s1. The number of hydrogen-bond acceptors (Lipinski definition) is 5. The fraction of sp³-hybridized carbons (Fsp3) is 0.263. The molecule has 0 heterocycles. The lowest BCUT2D eigenvalue weighted by molar-refractivity contribution is -0.123. The summed E-state index contributed by atoms with van der Waals surface area (Å²) in [5, 5.41) is 3.37. The Morgan fingerprint density at radius 1 is 1.07 bits per heavy atom. The van der Waals surface area contributed by atoms with E-state index in [1.807, 2.05) is 6.92 Å². The monoisotopic (exact) mass is 411 g/mol. The average molecular weight is 412 g/mol. The van der Waals surface area contributed by atoms with Gasteiger partial charge >= 0.3 is 5.97 Å². The average Bonchev–Trinajstić information content (AvgIpc) is 2.63. The summed E-state index contributed by atoms with van der Waals surface area (Å²) in [5.74, 6) is -0.620. The van der Waals surface area contributed by atoms with Crippen LogP contribution in [-0.4, -0.2) is 32.2 Å².